The zero-order valence-corrected chi connectivity index (χ0v) is 8.81. The van der Waals surface area contributed by atoms with Gasteiger partial charge in [-0.2, -0.15) is 0 Å². The van der Waals surface area contributed by atoms with Crippen LogP contribution in [0.3, 0.4) is 0 Å². The van der Waals surface area contributed by atoms with Crippen molar-refractivity contribution in [1.29, 1.82) is 0 Å². The van der Waals surface area contributed by atoms with Gasteiger partial charge < -0.3 is 10.6 Å². The van der Waals surface area contributed by atoms with Crippen LogP contribution in [0.1, 0.15) is 19.8 Å². The van der Waals surface area contributed by atoms with Crippen LogP contribution < -0.4 is 10.6 Å². The number of fused-ring (bicyclic) bond motifs is 1. The van der Waals surface area contributed by atoms with Crippen LogP contribution in [0.15, 0.2) is 12.1 Å². The molecule has 0 radical (unpaired) electrons. The number of rotatable bonds is 1. The number of carbonyl (C=O) groups excluding carboxylic acids is 1. The van der Waals surface area contributed by atoms with E-state index in [1.807, 2.05) is 6.92 Å². The molecule has 16 heavy (non-hydrogen) atoms. The molecule has 1 atom stereocenters. The number of amides is 1. The van der Waals surface area contributed by atoms with Crippen LogP contribution in [0.2, 0.25) is 0 Å². The van der Waals surface area contributed by atoms with Crippen LogP contribution in [0.25, 0.3) is 0 Å². The molecule has 1 heterocycles. The molecule has 1 unspecified atom stereocenters. The zero-order valence-electron chi connectivity index (χ0n) is 8.81. The molecule has 0 saturated carbocycles. The quantitative estimate of drug-likeness (QED) is 0.772. The number of carbonyl (C=O) groups is 1. The third-order valence-corrected chi connectivity index (χ3v) is 2.64. The molecule has 5 heteroatoms. The smallest absolute Gasteiger partial charge is 0.226 e. The van der Waals surface area contributed by atoms with E-state index in [2.05, 4.69) is 10.6 Å². The van der Waals surface area contributed by atoms with Gasteiger partial charge in [-0.3, -0.25) is 4.79 Å². The van der Waals surface area contributed by atoms with Crippen molar-refractivity contribution in [2.75, 3.05) is 10.6 Å². The molecule has 1 aromatic carbocycles. The summed E-state index contributed by atoms with van der Waals surface area (Å²) in [5.41, 5.74) is 0.331. The molecule has 0 aliphatic carbocycles. The van der Waals surface area contributed by atoms with Gasteiger partial charge in [0.05, 0.1) is 11.4 Å². The second-order valence-corrected chi connectivity index (χ2v) is 3.79. The predicted octanol–water partition coefficient (Wildman–Crippen LogP) is 2.50. The van der Waals surface area contributed by atoms with E-state index in [4.69, 9.17) is 0 Å². The lowest BCUT2D eigenvalue weighted by molar-refractivity contribution is -0.116. The van der Waals surface area contributed by atoms with Gasteiger partial charge in [0.2, 0.25) is 5.91 Å². The molecule has 1 amide bonds. The monoisotopic (exact) mass is 226 g/mol. The highest BCUT2D eigenvalue weighted by molar-refractivity contribution is 5.96. The highest BCUT2D eigenvalue weighted by Crippen LogP contribution is 2.30. The van der Waals surface area contributed by atoms with E-state index in [1.54, 1.807) is 0 Å². The highest BCUT2D eigenvalue weighted by Gasteiger charge is 2.23. The number of hydrogen-bond acceptors (Lipinski definition) is 2. The molecular weight excluding hydrogens is 214 g/mol. The number of nitrogens with one attached hydrogen (secondary N) is 2. The number of anilines is 2. The van der Waals surface area contributed by atoms with Crippen LogP contribution in [0.4, 0.5) is 20.2 Å². The van der Waals surface area contributed by atoms with Crippen molar-refractivity contribution < 1.29 is 13.6 Å². The SMILES string of the molecule is CCC1CC(=O)Nc2ccc(F)c(F)c2N1. The van der Waals surface area contributed by atoms with Crippen molar-refractivity contribution >= 4 is 17.3 Å². The van der Waals surface area contributed by atoms with Crippen molar-refractivity contribution in [1.82, 2.24) is 0 Å². The molecule has 86 valence electrons. The predicted molar refractivity (Wildman–Crippen MR) is 57.3 cm³/mol. The lowest BCUT2D eigenvalue weighted by Crippen LogP contribution is -2.22. The Labute approximate surface area is 91.8 Å². The maximum absolute atomic E-state index is 13.5. The summed E-state index contributed by atoms with van der Waals surface area (Å²) in [5.74, 6) is -2.06. The summed E-state index contributed by atoms with van der Waals surface area (Å²) in [5, 5.41) is 5.40. The van der Waals surface area contributed by atoms with E-state index in [-0.39, 0.29) is 24.1 Å². The molecular formula is C11H12F2N2O. The molecule has 0 aromatic heterocycles. The van der Waals surface area contributed by atoms with Crippen molar-refractivity contribution in [2.45, 2.75) is 25.8 Å². The minimum absolute atomic E-state index is 0.0395. The Morgan fingerprint density at radius 2 is 2.19 bits per heavy atom. The van der Waals surface area contributed by atoms with Gasteiger partial charge in [0.1, 0.15) is 0 Å². The van der Waals surface area contributed by atoms with Crippen LogP contribution in [-0.2, 0) is 4.79 Å². The van der Waals surface area contributed by atoms with E-state index >= 15 is 0 Å². The molecule has 3 nitrogen and oxygen atoms in total. The Kier molecular flexibility index (Phi) is 2.77. The first-order valence-corrected chi connectivity index (χ1v) is 5.16. The van der Waals surface area contributed by atoms with Gasteiger partial charge in [-0.25, -0.2) is 8.78 Å². The first kappa shape index (κ1) is 10.9. The highest BCUT2D eigenvalue weighted by atomic mass is 19.2. The van der Waals surface area contributed by atoms with Gasteiger partial charge in [0, 0.05) is 12.5 Å². The van der Waals surface area contributed by atoms with Crippen LogP contribution in [-0.4, -0.2) is 11.9 Å². The van der Waals surface area contributed by atoms with E-state index < -0.39 is 11.6 Å². The van der Waals surface area contributed by atoms with Gasteiger partial charge in [-0.05, 0) is 18.6 Å². The summed E-state index contributed by atoms with van der Waals surface area (Å²) in [6.07, 6.45) is 0.926. The summed E-state index contributed by atoms with van der Waals surface area (Å²) in [7, 11) is 0. The molecule has 0 saturated heterocycles. The Morgan fingerprint density at radius 1 is 1.44 bits per heavy atom. The standard InChI is InChI=1S/C11H12F2N2O/c1-2-6-5-9(16)15-8-4-3-7(12)10(13)11(8)14-6/h3-4,6,14H,2,5H2,1H3,(H,15,16). The minimum atomic E-state index is -0.946. The van der Waals surface area contributed by atoms with Gasteiger partial charge >= 0.3 is 0 Å². The van der Waals surface area contributed by atoms with E-state index in [0.717, 1.165) is 6.07 Å². The van der Waals surface area contributed by atoms with Crippen LogP contribution in [0, 0.1) is 11.6 Å². The normalized spacial score (nSPS) is 19.4. The third-order valence-electron chi connectivity index (χ3n) is 2.64. The van der Waals surface area contributed by atoms with Crippen molar-refractivity contribution in [2.24, 2.45) is 0 Å². The third kappa shape index (κ3) is 1.85. The fourth-order valence-electron chi connectivity index (χ4n) is 1.72. The van der Waals surface area contributed by atoms with E-state index in [9.17, 15) is 13.6 Å². The molecule has 0 fully saturated rings. The maximum atomic E-state index is 13.5. The summed E-state index contributed by atoms with van der Waals surface area (Å²) < 4.78 is 26.6. The fourth-order valence-corrected chi connectivity index (χ4v) is 1.72. The first-order chi connectivity index (χ1) is 7.61. The van der Waals surface area contributed by atoms with Gasteiger partial charge in [-0.15, -0.1) is 0 Å². The molecule has 1 aliphatic rings. The number of halogens is 2. The largest absolute Gasteiger partial charge is 0.378 e. The van der Waals surface area contributed by atoms with Gasteiger partial charge in [-0.1, -0.05) is 6.92 Å². The summed E-state index contributed by atoms with van der Waals surface area (Å²) >= 11 is 0. The lowest BCUT2D eigenvalue weighted by Gasteiger charge is -2.15. The first-order valence-electron chi connectivity index (χ1n) is 5.16. The Balaban J connectivity index is 2.46. The molecule has 1 aromatic rings. The van der Waals surface area contributed by atoms with Crippen molar-refractivity contribution in [3.63, 3.8) is 0 Å². The topological polar surface area (TPSA) is 41.1 Å². The Bertz CT molecular complexity index is 434. The Hall–Kier alpha value is -1.65. The second-order valence-electron chi connectivity index (χ2n) is 3.79. The lowest BCUT2D eigenvalue weighted by atomic mass is 10.1. The van der Waals surface area contributed by atoms with E-state index in [0.29, 0.717) is 12.1 Å². The fraction of sp³-hybridized carbons (Fsp3) is 0.364. The average Bonchev–Trinajstić information content (AvgIpc) is 2.42. The van der Waals surface area contributed by atoms with Crippen LogP contribution >= 0.6 is 0 Å². The van der Waals surface area contributed by atoms with Gasteiger partial charge in [0.25, 0.3) is 0 Å². The summed E-state index contributed by atoms with van der Waals surface area (Å²) in [6.45, 7) is 1.88. The minimum Gasteiger partial charge on any atom is -0.378 e. The molecule has 0 spiro atoms. The molecule has 2 N–H and O–H groups in total. The van der Waals surface area contributed by atoms with E-state index in [1.165, 1.54) is 6.07 Å². The molecule has 1 aliphatic heterocycles. The number of hydrogen-bond donors (Lipinski definition) is 2. The Morgan fingerprint density at radius 3 is 2.88 bits per heavy atom. The van der Waals surface area contributed by atoms with Gasteiger partial charge in [0.15, 0.2) is 11.6 Å². The van der Waals surface area contributed by atoms with Crippen molar-refractivity contribution in [3.05, 3.63) is 23.8 Å². The second kappa shape index (κ2) is 4.08. The number of benzene rings is 1. The van der Waals surface area contributed by atoms with Crippen LogP contribution in [0.5, 0.6) is 0 Å². The average molecular weight is 226 g/mol. The maximum Gasteiger partial charge on any atom is 0.226 e. The summed E-state index contributed by atoms with van der Waals surface area (Å²) in [4.78, 5) is 11.4. The molecule has 0 bridgehead atoms. The summed E-state index contributed by atoms with van der Waals surface area (Å²) in [6, 6.07) is 2.19. The zero-order chi connectivity index (χ0) is 11.7. The molecule has 2 rings (SSSR count). The van der Waals surface area contributed by atoms with Crippen molar-refractivity contribution in [3.8, 4) is 0 Å².